The maximum Gasteiger partial charge on any atom is 0.0547 e. The Labute approximate surface area is 131 Å². The van der Waals surface area contributed by atoms with Gasteiger partial charge < -0.3 is 10.1 Å². The van der Waals surface area contributed by atoms with Crippen LogP contribution in [-0.2, 0) is 11.3 Å². The van der Waals surface area contributed by atoms with Crippen LogP contribution in [0.3, 0.4) is 0 Å². The molecule has 0 aromatic carbocycles. The van der Waals surface area contributed by atoms with Gasteiger partial charge in [0.2, 0.25) is 0 Å². The predicted octanol–water partition coefficient (Wildman–Crippen LogP) is 2.87. The Bertz CT molecular complexity index is 447. The highest BCUT2D eigenvalue weighted by Gasteiger charge is 2.41. The Hall–Kier alpha value is -0.420. The van der Waals surface area contributed by atoms with E-state index in [9.17, 15) is 0 Å². The molecule has 0 spiro atoms. The molecule has 4 rings (SSSR count). The average molecular weight is 306 g/mol. The van der Waals surface area contributed by atoms with Gasteiger partial charge >= 0.3 is 0 Å². The molecule has 1 aromatic heterocycles. The lowest BCUT2D eigenvalue weighted by atomic mass is 9.86. The van der Waals surface area contributed by atoms with Crippen molar-refractivity contribution in [1.82, 2.24) is 10.2 Å². The van der Waals surface area contributed by atoms with Gasteiger partial charge in [-0.1, -0.05) is 6.07 Å². The molecule has 1 aromatic rings. The van der Waals surface area contributed by atoms with Gasteiger partial charge in [0.15, 0.2) is 0 Å². The Morgan fingerprint density at radius 3 is 2.86 bits per heavy atom. The highest BCUT2D eigenvalue weighted by Crippen LogP contribution is 2.36. The van der Waals surface area contributed by atoms with Crippen LogP contribution in [0.25, 0.3) is 0 Å². The van der Waals surface area contributed by atoms with Crippen LogP contribution in [0.5, 0.6) is 0 Å². The van der Waals surface area contributed by atoms with E-state index in [1.54, 1.807) is 0 Å². The molecule has 0 bridgehead atoms. The second kappa shape index (κ2) is 5.99. The van der Waals surface area contributed by atoms with E-state index in [0.717, 1.165) is 38.4 Å². The molecule has 1 atom stereocenters. The molecular formula is C17H26N2OS. The van der Waals surface area contributed by atoms with Gasteiger partial charge in [0.05, 0.1) is 6.61 Å². The van der Waals surface area contributed by atoms with Crippen molar-refractivity contribution in [3.63, 3.8) is 0 Å². The van der Waals surface area contributed by atoms with Gasteiger partial charge in [0.25, 0.3) is 0 Å². The zero-order chi connectivity index (χ0) is 14.1. The Balaban J connectivity index is 1.41. The number of rotatable bonds is 8. The van der Waals surface area contributed by atoms with Gasteiger partial charge in [-0.2, -0.15) is 0 Å². The van der Waals surface area contributed by atoms with Gasteiger partial charge in [-0.05, 0) is 43.6 Å². The van der Waals surface area contributed by atoms with Crippen molar-refractivity contribution in [3.05, 3.63) is 22.4 Å². The van der Waals surface area contributed by atoms with Crippen LogP contribution in [0, 0.1) is 5.41 Å². The highest BCUT2D eigenvalue weighted by molar-refractivity contribution is 7.09. The van der Waals surface area contributed by atoms with Crippen LogP contribution in [0.15, 0.2) is 17.5 Å². The summed E-state index contributed by atoms with van der Waals surface area (Å²) in [6.07, 6.45) is 6.74. The molecule has 4 heteroatoms. The molecule has 3 aliphatic rings. The summed E-state index contributed by atoms with van der Waals surface area (Å²) < 4.78 is 5.79. The molecule has 1 unspecified atom stereocenters. The van der Waals surface area contributed by atoms with Crippen LogP contribution in [0.1, 0.15) is 37.0 Å². The first-order valence-electron chi connectivity index (χ1n) is 8.41. The summed E-state index contributed by atoms with van der Waals surface area (Å²) in [4.78, 5) is 4.24. The number of hydrogen-bond acceptors (Lipinski definition) is 4. The highest BCUT2D eigenvalue weighted by atomic mass is 32.1. The molecule has 1 N–H and O–H groups in total. The molecule has 1 aliphatic heterocycles. The van der Waals surface area contributed by atoms with E-state index in [0.29, 0.717) is 5.41 Å². The van der Waals surface area contributed by atoms with Crippen LogP contribution in [0.2, 0.25) is 0 Å². The van der Waals surface area contributed by atoms with Crippen LogP contribution in [-0.4, -0.2) is 43.3 Å². The van der Waals surface area contributed by atoms with Crippen molar-refractivity contribution in [2.24, 2.45) is 5.41 Å². The number of ether oxygens (including phenoxy) is 1. The minimum Gasteiger partial charge on any atom is -0.381 e. The second-order valence-corrected chi connectivity index (χ2v) is 8.21. The van der Waals surface area contributed by atoms with E-state index in [2.05, 4.69) is 27.7 Å². The van der Waals surface area contributed by atoms with Crippen molar-refractivity contribution >= 4 is 11.3 Å². The zero-order valence-electron chi connectivity index (χ0n) is 12.7. The van der Waals surface area contributed by atoms with Crippen molar-refractivity contribution in [2.45, 2.75) is 50.7 Å². The molecule has 2 saturated carbocycles. The lowest BCUT2D eigenvalue weighted by molar-refractivity contribution is 0.101. The quantitative estimate of drug-likeness (QED) is 0.799. The standard InChI is InChI=1S/C17H26N2OS/c1-2-16(21-9-1)10-19(15-5-6-15)12-17(7-8-20-13-17)11-18-14-3-4-14/h1-2,9,14-15,18H,3-8,10-13H2. The molecule has 3 fully saturated rings. The van der Waals surface area contributed by atoms with Gasteiger partial charge in [-0.15, -0.1) is 11.3 Å². The third-order valence-electron chi connectivity index (χ3n) is 5.07. The van der Waals surface area contributed by atoms with E-state index >= 15 is 0 Å². The van der Waals surface area contributed by atoms with Crippen molar-refractivity contribution in [3.8, 4) is 0 Å². The molecule has 116 valence electrons. The summed E-state index contributed by atoms with van der Waals surface area (Å²) in [7, 11) is 0. The molecule has 2 aliphatic carbocycles. The van der Waals surface area contributed by atoms with Crippen LogP contribution >= 0.6 is 11.3 Å². The molecule has 2 heterocycles. The predicted molar refractivity (Wildman–Crippen MR) is 86.6 cm³/mol. The van der Waals surface area contributed by atoms with Gasteiger partial charge in [-0.3, -0.25) is 4.90 Å². The monoisotopic (exact) mass is 306 g/mol. The fourth-order valence-electron chi connectivity index (χ4n) is 3.41. The van der Waals surface area contributed by atoms with E-state index in [1.807, 2.05) is 11.3 Å². The second-order valence-electron chi connectivity index (χ2n) is 7.17. The number of hydrogen-bond donors (Lipinski definition) is 1. The summed E-state index contributed by atoms with van der Waals surface area (Å²) >= 11 is 1.89. The molecular weight excluding hydrogens is 280 g/mol. The topological polar surface area (TPSA) is 24.5 Å². The molecule has 0 radical (unpaired) electrons. The van der Waals surface area contributed by atoms with E-state index in [1.165, 1.54) is 43.5 Å². The normalized spacial score (nSPS) is 29.4. The Morgan fingerprint density at radius 1 is 1.33 bits per heavy atom. The molecule has 3 nitrogen and oxygen atoms in total. The number of nitrogens with one attached hydrogen (secondary N) is 1. The third kappa shape index (κ3) is 3.67. The summed E-state index contributed by atoms with van der Waals surface area (Å²) in [5, 5.41) is 5.96. The van der Waals surface area contributed by atoms with Crippen molar-refractivity contribution in [1.29, 1.82) is 0 Å². The Kier molecular flexibility index (Phi) is 4.05. The van der Waals surface area contributed by atoms with Gasteiger partial charge in [-0.25, -0.2) is 0 Å². The van der Waals surface area contributed by atoms with Gasteiger partial charge in [0.1, 0.15) is 0 Å². The SMILES string of the molecule is c1csc(CN(CC2(CNC3CC3)CCOC2)C2CC2)c1. The largest absolute Gasteiger partial charge is 0.381 e. The molecule has 21 heavy (non-hydrogen) atoms. The average Bonchev–Trinajstić information content (AvgIpc) is 3.41. The maximum absolute atomic E-state index is 5.79. The Morgan fingerprint density at radius 2 is 2.24 bits per heavy atom. The van der Waals surface area contributed by atoms with E-state index in [4.69, 9.17) is 4.74 Å². The molecule has 0 amide bonds. The van der Waals surface area contributed by atoms with Crippen molar-refractivity contribution < 1.29 is 4.74 Å². The third-order valence-corrected chi connectivity index (χ3v) is 5.93. The first kappa shape index (κ1) is 14.2. The first-order valence-corrected chi connectivity index (χ1v) is 9.29. The lowest BCUT2D eigenvalue weighted by Crippen LogP contribution is -2.45. The summed E-state index contributed by atoms with van der Waals surface area (Å²) in [6.45, 7) is 5.37. The fraction of sp³-hybridized carbons (Fsp3) is 0.765. The smallest absolute Gasteiger partial charge is 0.0547 e. The van der Waals surface area contributed by atoms with Crippen molar-refractivity contribution in [2.75, 3.05) is 26.3 Å². The molecule has 1 saturated heterocycles. The van der Waals surface area contributed by atoms with Crippen LogP contribution in [0.4, 0.5) is 0 Å². The number of nitrogens with zero attached hydrogens (tertiary/aromatic N) is 1. The lowest BCUT2D eigenvalue weighted by Gasteiger charge is -2.34. The van der Waals surface area contributed by atoms with Crippen LogP contribution < -0.4 is 5.32 Å². The first-order chi connectivity index (χ1) is 10.3. The zero-order valence-corrected chi connectivity index (χ0v) is 13.5. The minimum absolute atomic E-state index is 0.350. The summed E-state index contributed by atoms with van der Waals surface area (Å²) in [6, 6.07) is 6.08. The van der Waals surface area contributed by atoms with E-state index in [-0.39, 0.29) is 0 Å². The summed E-state index contributed by atoms with van der Waals surface area (Å²) in [5.74, 6) is 0. The fourth-order valence-corrected chi connectivity index (χ4v) is 4.13. The summed E-state index contributed by atoms with van der Waals surface area (Å²) in [5.41, 5.74) is 0.350. The minimum atomic E-state index is 0.350. The van der Waals surface area contributed by atoms with Gasteiger partial charge in [0, 0.05) is 48.6 Å². The maximum atomic E-state index is 5.79. The number of thiophene rings is 1. The van der Waals surface area contributed by atoms with E-state index < -0.39 is 0 Å².